The minimum Gasteiger partial charge on any atom is -0.373 e. The van der Waals surface area contributed by atoms with Crippen LogP contribution in [-0.2, 0) is 17.9 Å². The van der Waals surface area contributed by atoms with E-state index in [9.17, 15) is 9.18 Å². The lowest BCUT2D eigenvalue weighted by atomic mass is 10.0. The molecule has 4 nitrogen and oxygen atoms in total. The first kappa shape index (κ1) is 17.0. The predicted molar refractivity (Wildman–Crippen MR) is 99.4 cm³/mol. The van der Waals surface area contributed by atoms with Crippen molar-refractivity contribution < 1.29 is 9.18 Å². The van der Waals surface area contributed by atoms with Gasteiger partial charge in [0, 0.05) is 37.8 Å². The molecule has 2 atom stereocenters. The van der Waals surface area contributed by atoms with Crippen LogP contribution in [0.1, 0.15) is 46.7 Å². The zero-order chi connectivity index (χ0) is 18.4. The second-order valence-electron chi connectivity index (χ2n) is 7.49. The van der Waals surface area contributed by atoms with Gasteiger partial charge in [0.05, 0.1) is 0 Å². The van der Waals surface area contributed by atoms with Crippen molar-refractivity contribution in [3.05, 3.63) is 58.0 Å². The van der Waals surface area contributed by atoms with E-state index >= 15 is 0 Å². The zero-order valence-electron chi connectivity index (χ0n) is 15.5. The van der Waals surface area contributed by atoms with Gasteiger partial charge in [-0.2, -0.15) is 0 Å². The fourth-order valence-corrected chi connectivity index (χ4v) is 4.06. The quantitative estimate of drug-likeness (QED) is 0.906. The number of benzene rings is 1. The molecule has 0 spiro atoms. The van der Waals surface area contributed by atoms with Gasteiger partial charge in [-0.05, 0) is 60.9 Å². The molecule has 1 aromatic heterocycles. The summed E-state index contributed by atoms with van der Waals surface area (Å²) in [7, 11) is 1.87. The summed E-state index contributed by atoms with van der Waals surface area (Å²) >= 11 is 0. The van der Waals surface area contributed by atoms with Crippen LogP contribution in [0.15, 0.2) is 24.3 Å². The lowest BCUT2D eigenvalue weighted by molar-refractivity contribution is -0.132. The molecule has 5 heteroatoms. The molecule has 2 unspecified atom stereocenters. The Balaban J connectivity index is 1.43. The molecule has 1 aliphatic heterocycles. The summed E-state index contributed by atoms with van der Waals surface area (Å²) in [6.07, 6.45) is 1.58. The maximum Gasteiger partial charge on any atom is 0.223 e. The average molecular weight is 353 g/mol. The van der Waals surface area contributed by atoms with Gasteiger partial charge >= 0.3 is 0 Å². The summed E-state index contributed by atoms with van der Waals surface area (Å²) in [5, 5.41) is 3.16. The molecule has 1 aliphatic carbocycles. The molecular formula is C21H24FN3O. The Bertz CT molecular complexity index is 863. The van der Waals surface area contributed by atoms with Gasteiger partial charge in [-0.3, -0.25) is 4.79 Å². The van der Waals surface area contributed by atoms with Crippen LogP contribution in [0.25, 0.3) is 0 Å². The van der Waals surface area contributed by atoms with Crippen molar-refractivity contribution >= 4 is 11.7 Å². The van der Waals surface area contributed by atoms with Gasteiger partial charge in [0.1, 0.15) is 11.6 Å². The fourth-order valence-electron chi connectivity index (χ4n) is 4.06. The summed E-state index contributed by atoms with van der Waals surface area (Å²) < 4.78 is 13.1. The second-order valence-corrected chi connectivity index (χ2v) is 7.49. The van der Waals surface area contributed by atoms with E-state index in [1.54, 1.807) is 0 Å². The molecule has 0 saturated heterocycles. The molecule has 0 radical (unpaired) electrons. The Hall–Kier alpha value is -2.43. The number of carbonyl (C=O) groups is 1. The molecular weight excluding hydrogens is 329 g/mol. The topological polar surface area (TPSA) is 45.2 Å². The molecule has 1 aromatic carbocycles. The highest BCUT2D eigenvalue weighted by molar-refractivity contribution is 5.78. The average Bonchev–Trinajstić information content (AvgIpc) is 3.24. The molecule has 1 amide bonds. The van der Waals surface area contributed by atoms with Crippen LogP contribution in [0.5, 0.6) is 0 Å². The van der Waals surface area contributed by atoms with E-state index in [0.717, 1.165) is 29.1 Å². The number of rotatable bonds is 4. The normalized spacial score (nSPS) is 20.8. The third-order valence-electron chi connectivity index (χ3n) is 5.87. The number of nitrogens with zero attached hydrogens (tertiary/aromatic N) is 2. The van der Waals surface area contributed by atoms with Crippen molar-refractivity contribution in [1.82, 2.24) is 9.88 Å². The van der Waals surface area contributed by atoms with E-state index in [4.69, 9.17) is 0 Å². The minimum atomic E-state index is -0.212. The van der Waals surface area contributed by atoms with E-state index in [1.165, 1.54) is 23.3 Å². The van der Waals surface area contributed by atoms with Crippen LogP contribution in [0.4, 0.5) is 10.2 Å². The van der Waals surface area contributed by atoms with Crippen LogP contribution >= 0.6 is 0 Å². The lowest BCUT2D eigenvalue weighted by Crippen LogP contribution is -2.25. The Morgan fingerprint density at radius 3 is 2.62 bits per heavy atom. The van der Waals surface area contributed by atoms with Crippen molar-refractivity contribution in [1.29, 1.82) is 0 Å². The van der Waals surface area contributed by atoms with Gasteiger partial charge in [0.15, 0.2) is 0 Å². The molecule has 1 saturated carbocycles. The second kappa shape index (κ2) is 6.38. The lowest BCUT2D eigenvalue weighted by Gasteiger charge is -2.15. The van der Waals surface area contributed by atoms with E-state index in [2.05, 4.69) is 17.2 Å². The van der Waals surface area contributed by atoms with Crippen molar-refractivity contribution in [3.8, 4) is 0 Å². The van der Waals surface area contributed by atoms with Gasteiger partial charge in [0.2, 0.25) is 5.91 Å². The van der Waals surface area contributed by atoms with Crippen LogP contribution in [0.3, 0.4) is 0 Å². The smallest absolute Gasteiger partial charge is 0.223 e. The molecule has 2 aliphatic rings. The summed E-state index contributed by atoms with van der Waals surface area (Å²) in [4.78, 5) is 19.4. The number of aromatic nitrogens is 1. The number of fused-ring (bicyclic) bond motifs is 1. The number of anilines is 1. The highest BCUT2D eigenvalue weighted by Gasteiger charge is 2.41. The summed E-state index contributed by atoms with van der Waals surface area (Å²) in [6.45, 7) is 5.40. The Morgan fingerprint density at radius 2 is 1.92 bits per heavy atom. The molecule has 1 fully saturated rings. The number of amides is 1. The van der Waals surface area contributed by atoms with E-state index < -0.39 is 0 Å². The maximum absolute atomic E-state index is 13.1. The fraction of sp³-hybridized carbons (Fsp3) is 0.429. The van der Waals surface area contributed by atoms with Crippen molar-refractivity contribution in [3.63, 3.8) is 0 Å². The molecule has 26 heavy (non-hydrogen) atoms. The molecule has 136 valence electrons. The van der Waals surface area contributed by atoms with E-state index in [0.29, 0.717) is 31.3 Å². The zero-order valence-corrected chi connectivity index (χ0v) is 15.5. The van der Waals surface area contributed by atoms with Crippen LogP contribution in [-0.4, -0.2) is 22.8 Å². The minimum absolute atomic E-state index is 0.204. The third kappa shape index (κ3) is 2.96. The van der Waals surface area contributed by atoms with Gasteiger partial charge in [-0.25, -0.2) is 9.37 Å². The summed E-state index contributed by atoms with van der Waals surface area (Å²) in [5.41, 5.74) is 5.73. The predicted octanol–water partition coefficient (Wildman–Crippen LogP) is 3.92. The molecule has 2 aromatic rings. The number of hydrogen-bond donors (Lipinski definition) is 1. The van der Waals surface area contributed by atoms with Crippen LogP contribution in [0.2, 0.25) is 0 Å². The Kier molecular flexibility index (Phi) is 4.17. The summed E-state index contributed by atoms with van der Waals surface area (Å²) in [5.74, 6) is 1.64. The summed E-state index contributed by atoms with van der Waals surface area (Å²) in [6, 6.07) is 6.68. The highest BCUT2D eigenvalue weighted by Crippen LogP contribution is 2.50. The highest BCUT2D eigenvalue weighted by atomic mass is 19.1. The van der Waals surface area contributed by atoms with Crippen molar-refractivity contribution in [2.24, 2.45) is 5.92 Å². The Morgan fingerprint density at radius 1 is 1.23 bits per heavy atom. The standard InChI is InChI=1S/C21H24FN3O/c1-12-13(2)24-21(23-3)19-11-25(10-18(12)19)20(26)9-15-8-17(15)14-4-6-16(22)7-5-14/h4-7,15,17H,8-11H2,1-3H3,(H,23,24). The van der Waals surface area contributed by atoms with E-state index in [1.807, 2.05) is 31.0 Å². The number of aryl methyl sites for hydroxylation is 1. The SMILES string of the molecule is CNc1nc(C)c(C)c2c1CN(C(=O)CC1CC1c1ccc(F)cc1)C2. The third-order valence-corrected chi connectivity index (χ3v) is 5.87. The van der Waals surface area contributed by atoms with E-state index in [-0.39, 0.29) is 11.7 Å². The molecule has 4 rings (SSSR count). The monoisotopic (exact) mass is 353 g/mol. The van der Waals surface area contributed by atoms with Crippen molar-refractivity contribution in [2.45, 2.75) is 45.7 Å². The maximum atomic E-state index is 13.1. The molecule has 2 heterocycles. The number of nitrogens with one attached hydrogen (secondary N) is 1. The molecule has 0 bridgehead atoms. The van der Waals surface area contributed by atoms with Crippen molar-refractivity contribution in [2.75, 3.05) is 12.4 Å². The van der Waals surface area contributed by atoms with Gasteiger partial charge < -0.3 is 10.2 Å². The van der Waals surface area contributed by atoms with Crippen LogP contribution < -0.4 is 5.32 Å². The first-order chi connectivity index (χ1) is 12.5. The first-order valence-corrected chi connectivity index (χ1v) is 9.18. The number of hydrogen-bond acceptors (Lipinski definition) is 3. The largest absolute Gasteiger partial charge is 0.373 e. The molecule has 1 N–H and O–H groups in total. The van der Waals surface area contributed by atoms with Gasteiger partial charge in [0.25, 0.3) is 0 Å². The van der Waals surface area contributed by atoms with Gasteiger partial charge in [-0.1, -0.05) is 12.1 Å². The number of pyridine rings is 1. The van der Waals surface area contributed by atoms with Crippen LogP contribution in [0, 0.1) is 25.6 Å². The van der Waals surface area contributed by atoms with Gasteiger partial charge in [-0.15, -0.1) is 0 Å². The number of halogens is 1. The Labute approximate surface area is 153 Å². The number of carbonyl (C=O) groups excluding carboxylic acids is 1. The first-order valence-electron chi connectivity index (χ1n) is 9.18.